The highest BCUT2D eigenvalue weighted by Gasteiger charge is 2.34. The Kier molecular flexibility index (Phi) is 4.92. The molecule has 1 N–H and O–H groups in total. The topological polar surface area (TPSA) is 86.3 Å². The van der Waals surface area contributed by atoms with Crippen LogP contribution in [-0.2, 0) is 19.8 Å². The lowest BCUT2D eigenvalue weighted by Crippen LogP contribution is -2.17. The summed E-state index contributed by atoms with van der Waals surface area (Å²) in [6, 6.07) is 9.75. The number of halogens is 3. The van der Waals surface area contributed by atoms with E-state index < -0.39 is 11.9 Å². The second-order valence-electron chi connectivity index (χ2n) is 8.15. The Bertz CT molecular complexity index is 1550. The molecule has 34 heavy (non-hydrogen) atoms. The van der Waals surface area contributed by atoms with Gasteiger partial charge in [-0.25, -0.2) is 9.48 Å². The molecule has 0 amide bonds. The van der Waals surface area contributed by atoms with E-state index in [1.165, 1.54) is 4.68 Å². The number of aryl methyl sites for hydroxylation is 3. The van der Waals surface area contributed by atoms with Crippen LogP contribution in [0.25, 0.3) is 28.1 Å². The molecule has 174 valence electrons. The van der Waals surface area contributed by atoms with Gasteiger partial charge in [-0.3, -0.25) is 14.2 Å². The molecule has 0 radical (unpaired) electrons. The van der Waals surface area contributed by atoms with E-state index in [1.54, 1.807) is 52.8 Å². The lowest BCUT2D eigenvalue weighted by atomic mass is 10.1. The maximum absolute atomic E-state index is 13.0. The third-order valence-corrected chi connectivity index (χ3v) is 5.72. The van der Waals surface area contributed by atoms with Crippen molar-refractivity contribution in [2.24, 2.45) is 7.05 Å². The highest BCUT2D eigenvalue weighted by molar-refractivity contribution is 5.79. The van der Waals surface area contributed by atoms with Gasteiger partial charge in [-0.1, -0.05) is 12.1 Å². The number of aromatic amines is 1. The molecule has 4 aromatic heterocycles. The van der Waals surface area contributed by atoms with Crippen molar-refractivity contribution in [1.29, 1.82) is 0 Å². The summed E-state index contributed by atoms with van der Waals surface area (Å²) < 4.78 is 43.5. The molecule has 0 aliphatic heterocycles. The Morgan fingerprint density at radius 1 is 1.06 bits per heavy atom. The van der Waals surface area contributed by atoms with Gasteiger partial charge in [0.25, 0.3) is 0 Å². The van der Waals surface area contributed by atoms with E-state index in [0.717, 1.165) is 22.9 Å². The van der Waals surface area contributed by atoms with Gasteiger partial charge in [-0.05, 0) is 49.2 Å². The van der Waals surface area contributed by atoms with Crippen LogP contribution in [-0.4, -0.2) is 34.1 Å². The van der Waals surface area contributed by atoms with Gasteiger partial charge < -0.3 is 4.98 Å². The summed E-state index contributed by atoms with van der Waals surface area (Å²) in [6.45, 7) is 3.79. The first-order valence-corrected chi connectivity index (χ1v) is 10.4. The molecule has 0 aliphatic carbocycles. The summed E-state index contributed by atoms with van der Waals surface area (Å²) in [5.41, 5.74) is 4.29. The molecule has 0 saturated carbocycles. The fraction of sp³-hybridized carbons (Fsp3) is 0.217. The normalized spacial score (nSPS) is 12.1. The SMILES string of the molecule is Cc1cnn(C)c1-c1cc2c(cn1)[nH]c(=O)n2Cc1ccc(-n2nc(C(F)(F)F)cc2C)cc1. The summed E-state index contributed by atoms with van der Waals surface area (Å²) in [6.07, 6.45) is -1.13. The van der Waals surface area contributed by atoms with Crippen molar-refractivity contribution < 1.29 is 13.2 Å². The first-order chi connectivity index (χ1) is 16.1. The molecule has 0 aliphatic rings. The Balaban J connectivity index is 1.48. The van der Waals surface area contributed by atoms with E-state index in [2.05, 4.69) is 20.2 Å². The zero-order valence-electron chi connectivity index (χ0n) is 18.6. The molecule has 5 aromatic rings. The largest absolute Gasteiger partial charge is 0.435 e. The molecular formula is C23H20F3N7O. The quantitative estimate of drug-likeness (QED) is 0.433. The lowest BCUT2D eigenvalue weighted by Gasteiger charge is -2.08. The predicted molar refractivity (Wildman–Crippen MR) is 120 cm³/mol. The summed E-state index contributed by atoms with van der Waals surface area (Å²) in [7, 11) is 1.83. The highest BCUT2D eigenvalue weighted by Crippen LogP contribution is 2.29. The van der Waals surface area contributed by atoms with Crippen molar-refractivity contribution in [3.8, 4) is 17.1 Å². The summed E-state index contributed by atoms with van der Waals surface area (Å²) in [4.78, 5) is 19.9. The van der Waals surface area contributed by atoms with Crippen LogP contribution in [0.2, 0.25) is 0 Å². The molecule has 1 aromatic carbocycles. The van der Waals surface area contributed by atoms with Crippen LogP contribution in [0.5, 0.6) is 0 Å². The van der Waals surface area contributed by atoms with Crippen molar-refractivity contribution in [3.63, 3.8) is 0 Å². The van der Waals surface area contributed by atoms with Gasteiger partial charge in [-0.2, -0.15) is 23.4 Å². The Morgan fingerprint density at radius 3 is 2.41 bits per heavy atom. The van der Waals surface area contributed by atoms with Crippen molar-refractivity contribution in [2.45, 2.75) is 26.6 Å². The zero-order chi connectivity index (χ0) is 24.2. The molecule has 0 spiro atoms. The fourth-order valence-corrected chi connectivity index (χ4v) is 4.06. The third kappa shape index (κ3) is 3.68. The molecule has 4 heterocycles. The van der Waals surface area contributed by atoms with Crippen LogP contribution in [0.15, 0.2) is 53.6 Å². The Labute approximate surface area is 191 Å². The standard InChI is InChI=1S/C23H20F3N7O/c1-13-10-28-31(3)21(13)17-9-19-18(11-27-17)29-22(34)32(19)12-15-4-6-16(7-5-15)33-14(2)8-20(30-33)23(24,25)26/h4-11H,12H2,1-3H3,(H,29,34). The first-order valence-electron chi connectivity index (χ1n) is 10.4. The van der Waals surface area contributed by atoms with Crippen LogP contribution in [0.4, 0.5) is 13.2 Å². The molecule has 0 atom stereocenters. The van der Waals surface area contributed by atoms with E-state index in [4.69, 9.17) is 0 Å². The summed E-state index contributed by atoms with van der Waals surface area (Å²) >= 11 is 0. The minimum absolute atomic E-state index is 0.277. The maximum atomic E-state index is 13.0. The van der Waals surface area contributed by atoms with E-state index in [-0.39, 0.29) is 12.2 Å². The average Bonchev–Trinajstić information content (AvgIpc) is 3.43. The molecule has 0 fully saturated rings. The molecular weight excluding hydrogens is 447 g/mol. The average molecular weight is 467 g/mol. The number of H-pyrrole nitrogens is 1. The van der Waals surface area contributed by atoms with Gasteiger partial charge in [0.15, 0.2) is 5.69 Å². The number of benzene rings is 1. The van der Waals surface area contributed by atoms with Crippen molar-refractivity contribution in [3.05, 3.63) is 81.8 Å². The van der Waals surface area contributed by atoms with Crippen molar-refractivity contribution in [1.82, 2.24) is 34.1 Å². The molecule has 8 nitrogen and oxygen atoms in total. The third-order valence-electron chi connectivity index (χ3n) is 5.72. The van der Waals surface area contributed by atoms with Crippen LogP contribution in [0.3, 0.4) is 0 Å². The first kappa shape index (κ1) is 21.7. The van der Waals surface area contributed by atoms with Gasteiger partial charge in [0.2, 0.25) is 0 Å². The van der Waals surface area contributed by atoms with E-state index in [0.29, 0.717) is 28.1 Å². The second-order valence-corrected chi connectivity index (χ2v) is 8.15. The molecule has 0 bridgehead atoms. The predicted octanol–water partition coefficient (Wildman–Crippen LogP) is 3.99. The number of nitrogens with one attached hydrogen (secondary N) is 1. The molecule has 5 rings (SSSR count). The fourth-order valence-electron chi connectivity index (χ4n) is 4.06. The van der Waals surface area contributed by atoms with Gasteiger partial charge in [0.05, 0.1) is 47.0 Å². The second kappa shape index (κ2) is 7.72. The molecule has 0 unspecified atom stereocenters. The number of pyridine rings is 1. The maximum Gasteiger partial charge on any atom is 0.435 e. The van der Waals surface area contributed by atoms with Crippen LogP contribution in [0.1, 0.15) is 22.5 Å². The molecule has 0 saturated heterocycles. The smallest absolute Gasteiger partial charge is 0.304 e. The van der Waals surface area contributed by atoms with E-state index >= 15 is 0 Å². The van der Waals surface area contributed by atoms with Crippen LogP contribution < -0.4 is 5.69 Å². The zero-order valence-corrected chi connectivity index (χ0v) is 18.6. The number of hydrogen-bond acceptors (Lipinski definition) is 4. The minimum Gasteiger partial charge on any atom is -0.304 e. The highest BCUT2D eigenvalue weighted by atomic mass is 19.4. The number of nitrogens with zero attached hydrogens (tertiary/aromatic N) is 6. The number of fused-ring (bicyclic) bond motifs is 1. The number of hydrogen-bond donors (Lipinski definition) is 1. The van der Waals surface area contributed by atoms with Gasteiger partial charge in [0, 0.05) is 12.7 Å². The summed E-state index contributed by atoms with van der Waals surface area (Å²) in [5.74, 6) is 0. The number of rotatable bonds is 4. The van der Waals surface area contributed by atoms with E-state index in [1.807, 2.05) is 20.0 Å². The Hall–Kier alpha value is -4.15. The van der Waals surface area contributed by atoms with Crippen LogP contribution in [0, 0.1) is 13.8 Å². The summed E-state index contributed by atoms with van der Waals surface area (Å²) in [5, 5.41) is 7.93. The van der Waals surface area contributed by atoms with Gasteiger partial charge in [-0.15, -0.1) is 0 Å². The van der Waals surface area contributed by atoms with Gasteiger partial charge in [0.1, 0.15) is 0 Å². The van der Waals surface area contributed by atoms with Gasteiger partial charge >= 0.3 is 11.9 Å². The molecule has 11 heteroatoms. The van der Waals surface area contributed by atoms with E-state index in [9.17, 15) is 18.0 Å². The Morgan fingerprint density at radius 2 is 1.79 bits per heavy atom. The minimum atomic E-state index is -4.51. The number of imidazole rings is 1. The van der Waals surface area contributed by atoms with Crippen molar-refractivity contribution >= 4 is 11.0 Å². The van der Waals surface area contributed by atoms with Crippen LogP contribution >= 0.6 is 0 Å². The van der Waals surface area contributed by atoms with Crippen molar-refractivity contribution in [2.75, 3.05) is 0 Å². The number of aromatic nitrogens is 7. The monoisotopic (exact) mass is 467 g/mol. The number of alkyl halides is 3. The lowest BCUT2D eigenvalue weighted by molar-refractivity contribution is -0.141.